The highest BCUT2D eigenvalue weighted by Crippen LogP contribution is 2.51. The molecule has 1 aliphatic rings. The van der Waals surface area contributed by atoms with E-state index in [1.54, 1.807) is 12.1 Å². The van der Waals surface area contributed by atoms with Gasteiger partial charge in [-0.2, -0.15) is 0 Å². The lowest BCUT2D eigenvalue weighted by Gasteiger charge is -2.07. The van der Waals surface area contributed by atoms with E-state index < -0.39 is 10.0 Å². The first-order valence-electron chi connectivity index (χ1n) is 6.59. The second-order valence-electron chi connectivity index (χ2n) is 5.98. The maximum absolute atomic E-state index is 11.8. The number of benzene rings is 1. The number of primary sulfonamides is 1. The zero-order valence-electron chi connectivity index (χ0n) is 11.7. The van der Waals surface area contributed by atoms with Crippen LogP contribution in [0, 0.1) is 11.3 Å². The molecule has 1 amide bonds. The van der Waals surface area contributed by atoms with Crippen LogP contribution in [0.1, 0.15) is 25.8 Å². The molecule has 0 aromatic heterocycles. The zero-order chi connectivity index (χ0) is 15.0. The summed E-state index contributed by atoms with van der Waals surface area (Å²) in [6.07, 6.45) is 1.62. The Morgan fingerprint density at radius 2 is 1.90 bits per heavy atom. The molecule has 0 radical (unpaired) electrons. The first-order chi connectivity index (χ1) is 9.20. The van der Waals surface area contributed by atoms with Crippen LogP contribution in [0.3, 0.4) is 0 Å². The molecule has 0 aliphatic heterocycles. The fourth-order valence-corrected chi connectivity index (χ4v) is 2.73. The Labute approximate surface area is 119 Å². The Hall–Kier alpha value is -1.40. The molecule has 6 heteroatoms. The molecule has 1 fully saturated rings. The number of nitrogens with two attached hydrogens (primary N) is 1. The fourth-order valence-electron chi connectivity index (χ4n) is 2.21. The van der Waals surface area contributed by atoms with Crippen LogP contribution in [0.5, 0.6) is 0 Å². The molecular weight excluding hydrogens is 276 g/mol. The minimum atomic E-state index is -3.64. The summed E-state index contributed by atoms with van der Waals surface area (Å²) in [5, 5.41) is 7.94. The van der Waals surface area contributed by atoms with Crippen molar-refractivity contribution in [3.8, 4) is 0 Å². The molecule has 1 atom stereocenters. The standard InChI is InChI=1S/C14H20N2O3S/c1-14(2)9-12(14)13(17)16-8-7-10-3-5-11(6-4-10)20(15,18)19/h3-6,12H,7-9H2,1-2H3,(H,16,17)(H2,15,18,19). The number of hydrogen-bond acceptors (Lipinski definition) is 3. The molecule has 1 aliphatic carbocycles. The van der Waals surface area contributed by atoms with Gasteiger partial charge in [-0.05, 0) is 36.0 Å². The number of rotatable bonds is 5. The van der Waals surface area contributed by atoms with E-state index >= 15 is 0 Å². The number of carbonyl (C=O) groups is 1. The summed E-state index contributed by atoms with van der Waals surface area (Å²) in [5.41, 5.74) is 1.11. The highest BCUT2D eigenvalue weighted by molar-refractivity contribution is 7.89. The lowest BCUT2D eigenvalue weighted by Crippen LogP contribution is -2.28. The lowest BCUT2D eigenvalue weighted by molar-refractivity contribution is -0.122. The Bertz CT molecular complexity index is 606. The van der Waals surface area contributed by atoms with E-state index in [4.69, 9.17) is 5.14 Å². The van der Waals surface area contributed by atoms with E-state index in [1.807, 2.05) is 0 Å². The molecule has 1 unspecified atom stereocenters. The molecule has 1 aromatic carbocycles. The molecule has 5 nitrogen and oxygen atoms in total. The smallest absolute Gasteiger partial charge is 0.238 e. The van der Waals surface area contributed by atoms with Gasteiger partial charge in [0.15, 0.2) is 0 Å². The maximum Gasteiger partial charge on any atom is 0.238 e. The first kappa shape index (κ1) is 15.0. The predicted molar refractivity (Wildman–Crippen MR) is 76.4 cm³/mol. The van der Waals surface area contributed by atoms with E-state index in [0.717, 1.165) is 12.0 Å². The second kappa shape index (κ2) is 5.18. The molecule has 0 bridgehead atoms. The predicted octanol–water partition coefficient (Wildman–Crippen LogP) is 1.04. The van der Waals surface area contributed by atoms with Crippen LogP contribution in [0.2, 0.25) is 0 Å². The Kier molecular flexibility index (Phi) is 3.88. The number of hydrogen-bond donors (Lipinski definition) is 2. The third-order valence-electron chi connectivity index (χ3n) is 3.79. The molecule has 0 saturated heterocycles. The average Bonchev–Trinajstić information content (AvgIpc) is 2.98. The SMILES string of the molecule is CC1(C)CC1C(=O)NCCc1ccc(S(N)(=O)=O)cc1. The third-order valence-corrected chi connectivity index (χ3v) is 4.72. The van der Waals surface area contributed by atoms with Crippen molar-refractivity contribution in [2.45, 2.75) is 31.6 Å². The van der Waals surface area contributed by atoms with Gasteiger partial charge in [0.05, 0.1) is 4.90 Å². The summed E-state index contributed by atoms with van der Waals surface area (Å²) >= 11 is 0. The van der Waals surface area contributed by atoms with Crippen molar-refractivity contribution in [2.75, 3.05) is 6.54 Å². The molecule has 1 aromatic rings. The lowest BCUT2D eigenvalue weighted by atomic mass is 10.1. The van der Waals surface area contributed by atoms with Gasteiger partial charge in [-0.25, -0.2) is 13.6 Å². The van der Waals surface area contributed by atoms with Crippen molar-refractivity contribution in [3.05, 3.63) is 29.8 Å². The van der Waals surface area contributed by atoms with Crippen molar-refractivity contribution < 1.29 is 13.2 Å². The Balaban J connectivity index is 1.82. The van der Waals surface area contributed by atoms with Crippen LogP contribution in [0.4, 0.5) is 0 Å². The van der Waals surface area contributed by atoms with E-state index in [1.165, 1.54) is 12.1 Å². The van der Waals surface area contributed by atoms with Gasteiger partial charge in [-0.15, -0.1) is 0 Å². The van der Waals surface area contributed by atoms with Gasteiger partial charge in [0.25, 0.3) is 0 Å². The summed E-state index contributed by atoms with van der Waals surface area (Å²) in [5.74, 6) is 0.239. The van der Waals surface area contributed by atoms with E-state index in [-0.39, 0.29) is 22.1 Å². The van der Waals surface area contributed by atoms with Crippen LogP contribution < -0.4 is 10.5 Å². The monoisotopic (exact) mass is 296 g/mol. The minimum Gasteiger partial charge on any atom is -0.356 e. The van der Waals surface area contributed by atoms with Crippen molar-refractivity contribution in [1.29, 1.82) is 0 Å². The average molecular weight is 296 g/mol. The van der Waals surface area contributed by atoms with Gasteiger partial charge in [0.1, 0.15) is 0 Å². The van der Waals surface area contributed by atoms with Gasteiger partial charge < -0.3 is 5.32 Å². The summed E-state index contributed by atoms with van der Waals surface area (Å²) in [7, 11) is -3.64. The van der Waals surface area contributed by atoms with Gasteiger partial charge in [-0.1, -0.05) is 26.0 Å². The van der Waals surface area contributed by atoms with Crippen LogP contribution >= 0.6 is 0 Å². The molecule has 110 valence electrons. The largest absolute Gasteiger partial charge is 0.356 e. The number of amides is 1. The highest BCUT2D eigenvalue weighted by atomic mass is 32.2. The van der Waals surface area contributed by atoms with Gasteiger partial charge in [-0.3, -0.25) is 4.79 Å². The molecule has 0 spiro atoms. The quantitative estimate of drug-likeness (QED) is 0.850. The molecular formula is C14H20N2O3S. The van der Waals surface area contributed by atoms with Crippen molar-refractivity contribution in [2.24, 2.45) is 16.5 Å². The topological polar surface area (TPSA) is 89.3 Å². The van der Waals surface area contributed by atoms with Crippen LogP contribution in [-0.2, 0) is 21.2 Å². The molecule has 1 saturated carbocycles. The van der Waals surface area contributed by atoms with Gasteiger partial charge in [0, 0.05) is 12.5 Å². The normalized spacial score (nSPS) is 20.4. The number of sulfonamides is 1. The zero-order valence-corrected chi connectivity index (χ0v) is 12.5. The van der Waals surface area contributed by atoms with E-state index in [0.29, 0.717) is 13.0 Å². The van der Waals surface area contributed by atoms with Crippen LogP contribution in [-0.4, -0.2) is 20.9 Å². The number of carbonyl (C=O) groups excluding carboxylic acids is 1. The van der Waals surface area contributed by atoms with Gasteiger partial charge in [0.2, 0.25) is 15.9 Å². The maximum atomic E-state index is 11.8. The second-order valence-corrected chi connectivity index (χ2v) is 7.54. The summed E-state index contributed by atoms with van der Waals surface area (Å²) in [6.45, 7) is 4.73. The van der Waals surface area contributed by atoms with Gasteiger partial charge >= 0.3 is 0 Å². The molecule has 20 heavy (non-hydrogen) atoms. The van der Waals surface area contributed by atoms with Crippen LogP contribution in [0.15, 0.2) is 29.2 Å². The minimum absolute atomic E-state index is 0.102. The summed E-state index contributed by atoms with van der Waals surface area (Å²) < 4.78 is 22.2. The summed E-state index contributed by atoms with van der Waals surface area (Å²) in [6, 6.07) is 6.40. The molecule has 3 N–H and O–H groups in total. The van der Waals surface area contributed by atoms with E-state index in [9.17, 15) is 13.2 Å². The van der Waals surface area contributed by atoms with Crippen molar-refractivity contribution in [1.82, 2.24) is 5.32 Å². The van der Waals surface area contributed by atoms with Crippen molar-refractivity contribution >= 4 is 15.9 Å². The fraction of sp³-hybridized carbons (Fsp3) is 0.500. The first-order valence-corrected chi connectivity index (χ1v) is 8.14. The molecule has 0 heterocycles. The number of nitrogens with one attached hydrogen (secondary N) is 1. The highest BCUT2D eigenvalue weighted by Gasteiger charge is 2.50. The summed E-state index contributed by atoms with van der Waals surface area (Å²) in [4.78, 5) is 11.9. The van der Waals surface area contributed by atoms with E-state index in [2.05, 4.69) is 19.2 Å². The van der Waals surface area contributed by atoms with Crippen molar-refractivity contribution in [3.63, 3.8) is 0 Å². The molecule has 2 rings (SSSR count). The Morgan fingerprint density at radius 3 is 2.35 bits per heavy atom. The Morgan fingerprint density at radius 1 is 1.35 bits per heavy atom. The van der Waals surface area contributed by atoms with Crippen LogP contribution in [0.25, 0.3) is 0 Å². The third kappa shape index (κ3) is 3.58.